The van der Waals surface area contributed by atoms with E-state index in [0.717, 1.165) is 0 Å². The third-order valence-electron chi connectivity index (χ3n) is 2.29. The molecule has 0 spiro atoms. The number of hydrogen-bond donors (Lipinski definition) is 0. The first kappa shape index (κ1) is 8.96. The lowest BCUT2D eigenvalue weighted by molar-refractivity contribution is -0.906. The molecule has 0 fully saturated rings. The molecule has 0 saturated heterocycles. The molecule has 0 atom stereocenters. The largest absolute Gasteiger partial charge is 0.327 e. The first-order chi connectivity index (χ1) is 4.18. The molecule has 0 aliphatic heterocycles. The summed E-state index contributed by atoms with van der Waals surface area (Å²) in [6, 6.07) is 0. The normalized spacial score (nSPS) is 12.0. The molecule has 0 aliphatic carbocycles. The van der Waals surface area contributed by atoms with Crippen molar-refractivity contribution < 1.29 is 4.48 Å². The fourth-order valence-electron chi connectivity index (χ4n) is 1.08. The third-order valence-corrected chi connectivity index (χ3v) is 2.29. The summed E-state index contributed by atoms with van der Waals surface area (Å²) >= 11 is 0. The van der Waals surface area contributed by atoms with E-state index in [4.69, 9.17) is 0 Å². The fourth-order valence-corrected chi connectivity index (χ4v) is 1.08. The lowest BCUT2D eigenvalue weighted by atomic mass is 10.3. The Bertz CT molecular complexity index is 65.0. The van der Waals surface area contributed by atoms with Crippen molar-refractivity contribution in [3.63, 3.8) is 0 Å². The van der Waals surface area contributed by atoms with E-state index < -0.39 is 0 Å². The summed E-state index contributed by atoms with van der Waals surface area (Å²) in [4.78, 5) is 0. The molecule has 0 unspecified atom stereocenters. The average molecular weight is 130 g/mol. The molecule has 0 amide bonds. The quantitative estimate of drug-likeness (QED) is 0.510. The van der Waals surface area contributed by atoms with E-state index in [1.54, 1.807) is 0 Å². The van der Waals surface area contributed by atoms with Crippen molar-refractivity contribution in [2.45, 2.75) is 27.2 Å². The van der Waals surface area contributed by atoms with Crippen molar-refractivity contribution in [2.75, 3.05) is 26.7 Å². The van der Waals surface area contributed by atoms with Gasteiger partial charge in [0.2, 0.25) is 0 Å². The SMILES string of the molecule is CCC[N+](C)(CC)CC. The molecule has 0 bridgehead atoms. The molecule has 0 rings (SSSR count). The Labute approximate surface area is 59.3 Å². The summed E-state index contributed by atoms with van der Waals surface area (Å²) in [6.45, 7) is 10.6. The highest BCUT2D eigenvalue weighted by molar-refractivity contribution is 4.30. The van der Waals surface area contributed by atoms with Gasteiger partial charge in [0.1, 0.15) is 0 Å². The summed E-state index contributed by atoms with van der Waals surface area (Å²) < 4.78 is 1.23. The first-order valence-corrected chi connectivity index (χ1v) is 4.02. The van der Waals surface area contributed by atoms with Crippen molar-refractivity contribution in [1.29, 1.82) is 0 Å². The van der Waals surface area contributed by atoms with Crippen LogP contribution in [0.25, 0.3) is 0 Å². The van der Waals surface area contributed by atoms with Gasteiger partial charge in [0, 0.05) is 0 Å². The van der Waals surface area contributed by atoms with Gasteiger partial charge in [-0.3, -0.25) is 0 Å². The zero-order valence-electron chi connectivity index (χ0n) is 7.28. The molecule has 0 saturated carbocycles. The molecule has 0 radical (unpaired) electrons. The monoisotopic (exact) mass is 130 g/mol. The molecule has 56 valence electrons. The van der Waals surface area contributed by atoms with E-state index in [1.807, 2.05) is 0 Å². The maximum atomic E-state index is 2.32. The lowest BCUT2D eigenvalue weighted by Gasteiger charge is -2.31. The van der Waals surface area contributed by atoms with Crippen LogP contribution in [0.2, 0.25) is 0 Å². The van der Waals surface area contributed by atoms with E-state index in [2.05, 4.69) is 27.8 Å². The van der Waals surface area contributed by atoms with Crippen LogP contribution in [0.4, 0.5) is 0 Å². The smallest absolute Gasteiger partial charge is 0.0781 e. The molecule has 0 aromatic carbocycles. The van der Waals surface area contributed by atoms with Gasteiger partial charge in [0.25, 0.3) is 0 Å². The maximum absolute atomic E-state index is 2.32. The number of quaternary nitrogens is 1. The Hall–Kier alpha value is -0.0400. The van der Waals surface area contributed by atoms with E-state index in [1.165, 1.54) is 30.5 Å². The molecular formula is C8H20N+. The standard InChI is InChI=1S/C8H20N/c1-5-8-9(4,6-2)7-3/h5-8H2,1-4H3/q+1. The number of rotatable bonds is 4. The van der Waals surface area contributed by atoms with Crippen LogP contribution < -0.4 is 0 Å². The van der Waals surface area contributed by atoms with Gasteiger partial charge < -0.3 is 4.48 Å². The van der Waals surface area contributed by atoms with Crippen molar-refractivity contribution in [3.8, 4) is 0 Å². The summed E-state index contributed by atoms with van der Waals surface area (Å²) in [5.41, 5.74) is 0. The van der Waals surface area contributed by atoms with Crippen LogP contribution >= 0.6 is 0 Å². The molecule has 0 aliphatic rings. The van der Waals surface area contributed by atoms with Gasteiger partial charge in [0.05, 0.1) is 26.7 Å². The van der Waals surface area contributed by atoms with Gasteiger partial charge >= 0.3 is 0 Å². The number of nitrogens with zero attached hydrogens (tertiary/aromatic N) is 1. The zero-order chi connectivity index (χ0) is 7.33. The highest BCUT2D eigenvalue weighted by Gasteiger charge is 2.13. The predicted molar refractivity (Wildman–Crippen MR) is 42.4 cm³/mol. The van der Waals surface area contributed by atoms with Gasteiger partial charge in [-0.15, -0.1) is 0 Å². The second kappa shape index (κ2) is 3.89. The summed E-state index contributed by atoms with van der Waals surface area (Å²) in [5.74, 6) is 0. The second-order valence-electron chi connectivity index (χ2n) is 2.98. The summed E-state index contributed by atoms with van der Waals surface area (Å²) in [5, 5.41) is 0. The lowest BCUT2D eigenvalue weighted by Crippen LogP contribution is -2.43. The first-order valence-electron chi connectivity index (χ1n) is 4.02. The summed E-state index contributed by atoms with van der Waals surface area (Å²) in [6.07, 6.45) is 1.30. The van der Waals surface area contributed by atoms with Gasteiger partial charge in [-0.05, 0) is 20.3 Å². The average Bonchev–Trinajstić information content (AvgIpc) is 1.89. The Morgan fingerprint density at radius 3 is 1.56 bits per heavy atom. The van der Waals surface area contributed by atoms with Crippen molar-refractivity contribution >= 4 is 0 Å². The Morgan fingerprint density at radius 2 is 1.44 bits per heavy atom. The predicted octanol–water partition coefficient (Wildman–Crippen LogP) is 1.88. The van der Waals surface area contributed by atoms with Crippen LogP contribution in [0.15, 0.2) is 0 Å². The van der Waals surface area contributed by atoms with Crippen LogP contribution in [0, 0.1) is 0 Å². The van der Waals surface area contributed by atoms with E-state index in [-0.39, 0.29) is 0 Å². The van der Waals surface area contributed by atoms with E-state index >= 15 is 0 Å². The molecule has 0 N–H and O–H groups in total. The van der Waals surface area contributed by atoms with Crippen LogP contribution in [-0.4, -0.2) is 31.2 Å². The molecule has 0 aromatic heterocycles. The topological polar surface area (TPSA) is 0 Å². The summed E-state index contributed by atoms with van der Waals surface area (Å²) in [7, 11) is 2.32. The van der Waals surface area contributed by atoms with Crippen LogP contribution in [0.1, 0.15) is 27.2 Å². The molecule has 1 nitrogen and oxygen atoms in total. The van der Waals surface area contributed by atoms with E-state index in [9.17, 15) is 0 Å². The van der Waals surface area contributed by atoms with Crippen molar-refractivity contribution in [3.05, 3.63) is 0 Å². The molecular weight excluding hydrogens is 110 g/mol. The number of hydrogen-bond acceptors (Lipinski definition) is 0. The minimum atomic E-state index is 1.23. The molecule has 9 heavy (non-hydrogen) atoms. The van der Waals surface area contributed by atoms with Crippen molar-refractivity contribution in [2.24, 2.45) is 0 Å². The maximum Gasteiger partial charge on any atom is 0.0781 e. The van der Waals surface area contributed by atoms with Gasteiger partial charge in [-0.25, -0.2) is 0 Å². The highest BCUT2D eigenvalue weighted by Crippen LogP contribution is 2.01. The van der Waals surface area contributed by atoms with Crippen LogP contribution in [-0.2, 0) is 0 Å². The zero-order valence-corrected chi connectivity index (χ0v) is 7.28. The van der Waals surface area contributed by atoms with Gasteiger partial charge in [-0.1, -0.05) is 6.92 Å². The van der Waals surface area contributed by atoms with Gasteiger partial charge in [-0.2, -0.15) is 0 Å². The minimum Gasteiger partial charge on any atom is -0.327 e. The van der Waals surface area contributed by atoms with E-state index in [0.29, 0.717) is 0 Å². The fraction of sp³-hybridized carbons (Fsp3) is 1.00. The molecule has 0 aromatic rings. The molecule has 1 heteroatoms. The Morgan fingerprint density at radius 1 is 1.00 bits per heavy atom. The Kier molecular flexibility index (Phi) is 3.87. The third kappa shape index (κ3) is 2.85. The highest BCUT2D eigenvalue weighted by atomic mass is 15.3. The van der Waals surface area contributed by atoms with Crippen LogP contribution in [0.5, 0.6) is 0 Å². The van der Waals surface area contributed by atoms with Crippen LogP contribution in [0.3, 0.4) is 0 Å². The van der Waals surface area contributed by atoms with Crippen molar-refractivity contribution in [1.82, 2.24) is 0 Å². The second-order valence-corrected chi connectivity index (χ2v) is 2.98. The minimum absolute atomic E-state index is 1.23. The van der Waals surface area contributed by atoms with Gasteiger partial charge in [0.15, 0.2) is 0 Å². The molecule has 0 heterocycles. The Balaban J connectivity index is 3.62.